The summed E-state index contributed by atoms with van der Waals surface area (Å²) in [5.41, 5.74) is 2.05. The summed E-state index contributed by atoms with van der Waals surface area (Å²) in [4.78, 5) is 28.8. The highest BCUT2D eigenvalue weighted by molar-refractivity contribution is 7.14. The Bertz CT molecular complexity index is 986. The van der Waals surface area contributed by atoms with Crippen molar-refractivity contribution in [3.8, 4) is 11.5 Å². The van der Waals surface area contributed by atoms with Crippen LogP contribution in [0.4, 0.5) is 5.13 Å². The van der Waals surface area contributed by atoms with E-state index in [1.807, 2.05) is 24.3 Å². The number of ether oxygens (including phenoxy) is 2. The lowest BCUT2D eigenvalue weighted by Gasteiger charge is -2.06. The van der Waals surface area contributed by atoms with Crippen LogP contribution in [-0.2, 0) is 17.8 Å². The van der Waals surface area contributed by atoms with E-state index in [4.69, 9.17) is 9.47 Å². The summed E-state index contributed by atoms with van der Waals surface area (Å²) in [6.45, 7) is 0.404. The summed E-state index contributed by atoms with van der Waals surface area (Å²) in [5.74, 6) is 1.01. The SMILES string of the molecule is COc1ccc(C(=O)Nc2nc(CC(=O)NCc3cccc(OC)c3)cs2)cc1. The van der Waals surface area contributed by atoms with E-state index in [2.05, 4.69) is 15.6 Å². The molecule has 0 aliphatic rings. The molecule has 2 aromatic carbocycles. The van der Waals surface area contributed by atoms with Crippen molar-refractivity contribution < 1.29 is 19.1 Å². The molecule has 2 N–H and O–H groups in total. The van der Waals surface area contributed by atoms with Gasteiger partial charge in [-0.3, -0.25) is 14.9 Å². The first-order valence-corrected chi connectivity index (χ1v) is 9.75. The fraction of sp³-hybridized carbons (Fsp3) is 0.190. The average Bonchev–Trinajstić information content (AvgIpc) is 3.19. The number of hydrogen-bond acceptors (Lipinski definition) is 6. The van der Waals surface area contributed by atoms with Gasteiger partial charge >= 0.3 is 0 Å². The molecule has 3 aromatic rings. The maximum atomic E-state index is 12.3. The molecular weight excluding hydrogens is 390 g/mol. The Labute approximate surface area is 172 Å². The van der Waals surface area contributed by atoms with Crippen LogP contribution >= 0.6 is 11.3 Å². The minimum absolute atomic E-state index is 0.138. The summed E-state index contributed by atoms with van der Waals surface area (Å²) in [6.07, 6.45) is 0.138. The number of nitrogens with zero attached hydrogens (tertiary/aromatic N) is 1. The molecule has 29 heavy (non-hydrogen) atoms. The van der Waals surface area contributed by atoms with Crippen LogP contribution in [0, 0.1) is 0 Å². The molecule has 0 radical (unpaired) electrons. The van der Waals surface area contributed by atoms with Crippen molar-refractivity contribution in [2.24, 2.45) is 0 Å². The molecule has 2 amide bonds. The number of amides is 2. The van der Waals surface area contributed by atoms with Crippen LogP contribution in [-0.4, -0.2) is 31.0 Å². The highest BCUT2D eigenvalue weighted by atomic mass is 32.1. The molecule has 0 aliphatic heterocycles. The fourth-order valence-electron chi connectivity index (χ4n) is 2.57. The van der Waals surface area contributed by atoms with E-state index in [1.54, 1.807) is 43.9 Å². The van der Waals surface area contributed by atoms with Crippen molar-refractivity contribution in [3.05, 3.63) is 70.7 Å². The number of aromatic nitrogens is 1. The van der Waals surface area contributed by atoms with Gasteiger partial charge in [-0.1, -0.05) is 12.1 Å². The van der Waals surface area contributed by atoms with Gasteiger partial charge in [0, 0.05) is 17.5 Å². The molecule has 0 spiro atoms. The lowest BCUT2D eigenvalue weighted by Crippen LogP contribution is -2.24. The first-order valence-electron chi connectivity index (χ1n) is 8.87. The van der Waals surface area contributed by atoms with E-state index in [-0.39, 0.29) is 18.2 Å². The standard InChI is InChI=1S/C21H21N3O4S/c1-27-17-8-6-15(7-9-17)20(26)24-21-23-16(13-29-21)11-19(25)22-12-14-4-3-5-18(10-14)28-2/h3-10,13H,11-12H2,1-2H3,(H,22,25)(H,23,24,26). The zero-order valence-corrected chi connectivity index (χ0v) is 16.9. The molecule has 3 rings (SSSR count). The monoisotopic (exact) mass is 411 g/mol. The summed E-state index contributed by atoms with van der Waals surface area (Å²) < 4.78 is 10.3. The topological polar surface area (TPSA) is 89.5 Å². The predicted octanol–water partition coefficient (Wildman–Crippen LogP) is 3.27. The summed E-state index contributed by atoms with van der Waals surface area (Å²) in [7, 11) is 3.17. The zero-order valence-electron chi connectivity index (χ0n) is 16.1. The number of nitrogens with one attached hydrogen (secondary N) is 2. The van der Waals surface area contributed by atoms with Crippen molar-refractivity contribution in [2.45, 2.75) is 13.0 Å². The number of hydrogen-bond donors (Lipinski definition) is 2. The fourth-order valence-corrected chi connectivity index (χ4v) is 3.27. The van der Waals surface area contributed by atoms with Crippen LogP contribution in [0.5, 0.6) is 11.5 Å². The first-order chi connectivity index (χ1) is 14.1. The second-order valence-corrected chi connectivity index (χ2v) is 6.99. The van der Waals surface area contributed by atoms with Crippen LogP contribution in [0.3, 0.4) is 0 Å². The maximum Gasteiger partial charge on any atom is 0.257 e. The molecule has 0 saturated carbocycles. The highest BCUT2D eigenvalue weighted by Crippen LogP contribution is 2.18. The largest absolute Gasteiger partial charge is 0.497 e. The number of carbonyl (C=O) groups excluding carboxylic acids is 2. The highest BCUT2D eigenvalue weighted by Gasteiger charge is 2.11. The Morgan fingerprint density at radius 3 is 2.52 bits per heavy atom. The number of benzene rings is 2. The number of thiazole rings is 1. The third-order valence-electron chi connectivity index (χ3n) is 4.09. The molecule has 0 bridgehead atoms. The number of anilines is 1. The summed E-state index contributed by atoms with van der Waals surface area (Å²) in [6, 6.07) is 14.3. The summed E-state index contributed by atoms with van der Waals surface area (Å²) in [5, 5.41) is 7.80. The van der Waals surface area contributed by atoms with E-state index < -0.39 is 0 Å². The minimum atomic E-state index is -0.268. The van der Waals surface area contributed by atoms with Crippen LogP contribution in [0.2, 0.25) is 0 Å². The van der Waals surface area contributed by atoms with E-state index >= 15 is 0 Å². The quantitative estimate of drug-likeness (QED) is 0.594. The Morgan fingerprint density at radius 1 is 1.03 bits per heavy atom. The second kappa shape index (κ2) is 9.70. The molecule has 7 nitrogen and oxygen atoms in total. The van der Waals surface area contributed by atoms with Gasteiger partial charge in [-0.05, 0) is 42.0 Å². The van der Waals surface area contributed by atoms with Gasteiger partial charge in [-0.15, -0.1) is 11.3 Å². The van der Waals surface area contributed by atoms with Crippen LogP contribution in [0.15, 0.2) is 53.9 Å². The number of methoxy groups -OCH3 is 2. The van der Waals surface area contributed by atoms with Gasteiger partial charge in [0.15, 0.2) is 5.13 Å². The third kappa shape index (κ3) is 5.79. The Balaban J connectivity index is 1.51. The third-order valence-corrected chi connectivity index (χ3v) is 4.90. The molecule has 1 heterocycles. The smallest absolute Gasteiger partial charge is 0.257 e. The lowest BCUT2D eigenvalue weighted by atomic mass is 10.2. The van der Waals surface area contributed by atoms with E-state index in [0.29, 0.717) is 28.7 Å². The molecule has 0 fully saturated rings. The van der Waals surface area contributed by atoms with Gasteiger partial charge in [-0.2, -0.15) is 0 Å². The second-order valence-electron chi connectivity index (χ2n) is 6.13. The Morgan fingerprint density at radius 2 is 1.79 bits per heavy atom. The lowest BCUT2D eigenvalue weighted by molar-refractivity contribution is -0.120. The molecular formula is C21H21N3O4S. The molecule has 0 atom stereocenters. The molecule has 0 unspecified atom stereocenters. The number of carbonyl (C=O) groups is 2. The molecule has 0 saturated heterocycles. The van der Waals surface area contributed by atoms with E-state index in [0.717, 1.165) is 11.3 Å². The zero-order chi connectivity index (χ0) is 20.6. The van der Waals surface area contributed by atoms with Crippen LogP contribution in [0.1, 0.15) is 21.6 Å². The van der Waals surface area contributed by atoms with Gasteiger partial charge in [0.05, 0.1) is 26.3 Å². The normalized spacial score (nSPS) is 10.3. The van der Waals surface area contributed by atoms with Crippen molar-refractivity contribution in [2.75, 3.05) is 19.5 Å². The van der Waals surface area contributed by atoms with Crippen LogP contribution < -0.4 is 20.1 Å². The minimum Gasteiger partial charge on any atom is -0.497 e. The Kier molecular flexibility index (Phi) is 6.80. The summed E-state index contributed by atoms with van der Waals surface area (Å²) >= 11 is 1.28. The number of rotatable bonds is 8. The van der Waals surface area contributed by atoms with Crippen molar-refractivity contribution in [1.29, 1.82) is 0 Å². The Hall–Kier alpha value is -3.39. The van der Waals surface area contributed by atoms with Crippen molar-refractivity contribution in [1.82, 2.24) is 10.3 Å². The first kappa shape index (κ1) is 20.3. The molecule has 150 valence electrons. The van der Waals surface area contributed by atoms with E-state index in [9.17, 15) is 9.59 Å². The van der Waals surface area contributed by atoms with E-state index in [1.165, 1.54) is 11.3 Å². The van der Waals surface area contributed by atoms with Gasteiger partial charge in [0.1, 0.15) is 11.5 Å². The van der Waals surface area contributed by atoms with Gasteiger partial charge in [-0.25, -0.2) is 4.98 Å². The van der Waals surface area contributed by atoms with Gasteiger partial charge in [0.2, 0.25) is 5.91 Å². The maximum absolute atomic E-state index is 12.3. The predicted molar refractivity (Wildman–Crippen MR) is 112 cm³/mol. The molecule has 0 aliphatic carbocycles. The van der Waals surface area contributed by atoms with Gasteiger partial charge < -0.3 is 14.8 Å². The van der Waals surface area contributed by atoms with Crippen molar-refractivity contribution in [3.63, 3.8) is 0 Å². The van der Waals surface area contributed by atoms with Gasteiger partial charge in [0.25, 0.3) is 5.91 Å². The average molecular weight is 411 g/mol. The molecule has 8 heteroatoms. The van der Waals surface area contributed by atoms with Crippen molar-refractivity contribution >= 4 is 28.3 Å². The van der Waals surface area contributed by atoms with Crippen LogP contribution in [0.25, 0.3) is 0 Å². The molecule has 1 aromatic heterocycles.